The van der Waals surface area contributed by atoms with Gasteiger partial charge < -0.3 is 10.6 Å². The highest BCUT2D eigenvalue weighted by Crippen LogP contribution is 2.32. The van der Waals surface area contributed by atoms with Crippen LogP contribution >= 0.6 is 34.8 Å². The lowest BCUT2D eigenvalue weighted by molar-refractivity contribution is -0.112. The van der Waals surface area contributed by atoms with Crippen LogP contribution in [0.2, 0.25) is 15.1 Å². The Labute approximate surface area is 220 Å². The fourth-order valence-corrected chi connectivity index (χ4v) is 4.32. The number of carbonyl (C=O) groups is 2. The highest BCUT2D eigenvalue weighted by atomic mass is 35.5. The van der Waals surface area contributed by atoms with E-state index in [1.54, 1.807) is 37.5 Å². The summed E-state index contributed by atoms with van der Waals surface area (Å²) in [6.45, 7) is 6.98. The second kappa shape index (κ2) is 10.1. The Morgan fingerprint density at radius 2 is 1.75 bits per heavy atom. The molecule has 2 aromatic carbocycles. The van der Waals surface area contributed by atoms with E-state index in [9.17, 15) is 14.4 Å². The number of aromatic nitrogens is 4. The predicted octanol–water partition coefficient (Wildman–Crippen LogP) is 5.39. The third-order valence-electron chi connectivity index (χ3n) is 5.02. The van der Waals surface area contributed by atoms with Crippen LogP contribution in [-0.2, 0) is 4.79 Å². The number of aryl methyl sites for hydroxylation is 1. The summed E-state index contributed by atoms with van der Waals surface area (Å²) in [6, 6.07) is 9.19. The summed E-state index contributed by atoms with van der Waals surface area (Å²) >= 11 is 18.7. The van der Waals surface area contributed by atoms with Crippen molar-refractivity contribution in [2.45, 2.75) is 13.8 Å². The van der Waals surface area contributed by atoms with Gasteiger partial charge in [0.2, 0.25) is 0 Å². The maximum absolute atomic E-state index is 13.5. The fourth-order valence-electron chi connectivity index (χ4n) is 3.33. The van der Waals surface area contributed by atoms with E-state index in [-0.39, 0.29) is 38.7 Å². The molecule has 0 bridgehead atoms. The molecule has 184 valence electrons. The molecule has 2 amide bonds. The van der Waals surface area contributed by atoms with Crippen molar-refractivity contribution in [3.05, 3.63) is 97.5 Å². The van der Waals surface area contributed by atoms with Gasteiger partial charge in [-0.3, -0.25) is 19.5 Å². The van der Waals surface area contributed by atoms with Crippen LogP contribution in [0.25, 0.3) is 11.4 Å². The Hall–Kier alpha value is -3.79. The molecule has 0 saturated carbocycles. The highest BCUT2D eigenvalue weighted by molar-refractivity contribution is 6.40. The summed E-state index contributed by atoms with van der Waals surface area (Å²) in [5.74, 6) is -0.873. The van der Waals surface area contributed by atoms with E-state index in [4.69, 9.17) is 34.8 Å². The number of rotatable bonds is 6. The monoisotopic (exact) mass is 544 g/mol. The van der Waals surface area contributed by atoms with E-state index in [0.29, 0.717) is 16.3 Å². The van der Waals surface area contributed by atoms with Crippen LogP contribution in [0.3, 0.4) is 0 Å². The number of anilines is 2. The number of carbonyl (C=O) groups excluding carboxylic acids is 2. The van der Waals surface area contributed by atoms with Gasteiger partial charge in [0.15, 0.2) is 11.5 Å². The number of hydrogen-bond acceptors (Lipinski definition) is 4. The van der Waals surface area contributed by atoms with Crippen molar-refractivity contribution in [1.29, 1.82) is 0 Å². The molecule has 0 radical (unpaired) electrons. The standard InChI is InChI=1S/C24H19Cl3N6O3/c1-12(2)22(34)29-16-6-4-5-14(7-16)23(35)30-21-20(32-11-13(3)10-28-32)24(36)33(31-21)19-17(26)8-15(25)9-18(19)27/h4-11,31H,1H2,2-3H3,(H,29,34)(H,30,35). The molecule has 0 unspecified atom stereocenters. The number of hydrogen-bond donors (Lipinski definition) is 3. The van der Waals surface area contributed by atoms with Crippen LogP contribution in [0.15, 0.2) is 65.7 Å². The average Bonchev–Trinajstić information content (AvgIpc) is 3.35. The first kappa shape index (κ1) is 25.3. The Bertz CT molecular complexity index is 1560. The zero-order chi connectivity index (χ0) is 26.1. The van der Waals surface area contributed by atoms with Gasteiger partial charge in [-0.15, -0.1) is 0 Å². The summed E-state index contributed by atoms with van der Waals surface area (Å²) in [6.07, 6.45) is 3.20. The number of benzene rings is 2. The molecule has 0 aliphatic rings. The molecule has 2 heterocycles. The summed E-state index contributed by atoms with van der Waals surface area (Å²) in [4.78, 5) is 38.5. The van der Waals surface area contributed by atoms with Crippen LogP contribution < -0.4 is 16.2 Å². The van der Waals surface area contributed by atoms with Gasteiger partial charge >= 0.3 is 0 Å². The largest absolute Gasteiger partial charge is 0.322 e. The van der Waals surface area contributed by atoms with Gasteiger partial charge in [0.25, 0.3) is 17.4 Å². The van der Waals surface area contributed by atoms with Crippen molar-refractivity contribution < 1.29 is 9.59 Å². The molecule has 4 rings (SSSR count). The van der Waals surface area contributed by atoms with Crippen molar-refractivity contribution in [3.8, 4) is 11.4 Å². The molecule has 3 N–H and O–H groups in total. The number of nitrogens with one attached hydrogen (secondary N) is 3. The molecule has 0 atom stereocenters. The van der Waals surface area contributed by atoms with E-state index < -0.39 is 11.5 Å². The van der Waals surface area contributed by atoms with E-state index in [1.165, 1.54) is 22.9 Å². The van der Waals surface area contributed by atoms with Crippen LogP contribution in [0.5, 0.6) is 0 Å². The molecule has 2 aromatic heterocycles. The molecule has 12 heteroatoms. The van der Waals surface area contributed by atoms with E-state index in [0.717, 1.165) is 10.2 Å². The van der Waals surface area contributed by atoms with Crippen LogP contribution in [0, 0.1) is 6.92 Å². The minimum atomic E-state index is -0.568. The number of halogens is 3. The van der Waals surface area contributed by atoms with Gasteiger partial charge in [0.1, 0.15) is 5.69 Å². The first-order valence-electron chi connectivity index (χ1n) is 10.4. The molecule has 0 fully saturated rings. The fraction of sp³-hybridized carbons (Fsp3) is 0.0833. The minimum absolute atomic E-state index is 0.0327. The second-order valence-electron chi connectivity index (χ2n) is 7.93. The zero-order valence-corrected chi connectivity index (χ0v) is 21.3. The normalized spacial score (nSPS) is 10.8. The van der Waals surface area contributed by atoms with Crippen LogP contribution in [-0.4, -0.2) is 31.4 Å². The Kier molecular flexibility index (Phi) is 7.07. The quantitative estimate of drug-likeness (QED) is 0.282. The highest BCUT2D eigenvalue weighted by Gasteiger charge is 2.23. The second-order valence-corrected chi connectivity index (χ2v) is 9.18. The van der Waals surface area contributed by atoms with E-state index >= 15 is 0 Å². The molecular formula is C24H19Cl3N6O3. The predicted molar refractivity (Wildman–Crippen MR) is 141 cm³/mol. The molecular weight excluding hydrogens is 527 g/mol. The minimum Gasteiger partial charge on any atom is -0.322 e. The molecule has 0 aliphatic carbocycles. The van der Waals surface area contributed by atoms with Crippen LogP contribution in [0.1, 0.15) is 22.8 Å². The zero-order valence-electron chi connectivity index (χ0n) is 19.0. The average molecular weight is 546 g/mol. The number of H-pyrrole nitrogens is 1. The summed E-state index contributed by atoms with van der Waals surface area (Å²) in [5, 5.41) is 13.0. The Morgan fingerprint density at radius 1 is 1.06 bits per heavy atom. The van der Waals surface area contributed by atoms with E-state index in [1.807, 2.05) is 6.92 Å². The van der Waals surface area contributed by atoms with E-state index in [2.05, 4.69) is 27.4 Å². The number of nitrogens with zero attached hydrogens (tertiary/aromatic N) is 3. The smallest absolute Gasteiger partial charge is 0.299 e. The van der Waals surface area contributed by atoms with Crippen molar-refractivity contribution in [3.63, 3.8) is 0 Å². The lowest BCUT2D eigenvalue weighted by Gasteiger charge is -2.09. The first-order chi connectivity index (χ1) is 17.0. The third kappa shape index (κ3) is 5.08. The topological polar surface area (TPSA) is 114 Å². The molecule has 4 aromatic rings. The van der Waals surface area contributed by atoms with Gasteiger partial charge in [0, 0.05) is 28.0 Å². The molecule has 0 spiro atoms. The third-order valence-corrected chi connectivity index (χ3v) is 5.82. The number of amides is 2. The Balaban J connectivity index is 1.77. The summed E-state index contributed by atoms with van der Waals surface area (Å²) in [5.41, 5.74) is 1.37. The number of aromatic amines is 1. The SMILES string of the molecule is C=C(C)C(=O)Nc1cccc(C(=O)Nc2[nH]n(-c3c(Cl)cc(Cl)cc3Cl)c(=O)c2-n2cc(C)cn2)c1. The first-order valence-corrected chi connectivity index (χ1v) is 11.6. The molecule has 0 saturated heterocycles. The van der Waals surface area contributed by atoms with Gasteiger partial charge in [0.05, 0.1) is 16.2 Å². The van der Waals surface area contributed by atoms with Crippen LogP contribution in [0.4, 0.5) is 11.5 Å². The lowest BCUT2D eigenvalue weighted by atomic mass is 10.2. The van der Waals surface area contributed by atoms with Gasteiger partial charge in [-0.2, -0.15) is 5.10 Å². The van der Waals surface area contributed by atoms with Crippen molar-refractivity contribution >= 4 is 58.1 Å². The van der Waals surface area contributed by atoms with Crippen molar-refractivity contribution in [2.24, 2.45) is 0 Å². The maximum atomic E-state index is 13.5. The van der Waals surface area contributed by atoms with Crippen molar-refractivity contribution in [2.75, 3.05) is 10.6 Å². The maximum Gasteiger partial charge on any atom is 0.299 e. The molecule has 9 nitrogen and oxygen atoms in total. The van der Waals surface area contributed by atoms with Crippen molar-refractivity contribution in [1.82, 2.24) is 19.6 Å². The Morgan fingerprint density at radius 3 is 2.36 bits per heavy atom. The van der Waals surface area contributed by atoms with Gasteiger partial charge in [-0.05, 0) is 49.7 Å². The van der Waals surface area contributed by atoms with Gasteiger partial charge in [-0.1, -0.05) is 47.4 Å². The summed E-state index contributed by atoms with van der Waals surface area (Å²) in [7, 11) is 0. The molecule has 0 aliphatic heterocycles. The molecule has 36 heavy (non-hydrogen) atoms. The summed E-state index contributed by atoms with van der Waals surface area (Å²) < 4.78 is 2.44. The lowest BCUT2D eigenvalue weighted by Crippen LogP contribution is -2.19. The van der Waals surface area contributed by atoms with Gasteiger partial charge in [-0.25, -0.2) is 9.36 Å².